The highest BCUT2D eigenvalue weighted by molar-refractivity contribution is 6.30. The zero-order chi connectivity index (χ0) is 19.5. The van der Waals surface area contributed by atoms with Gasteiger partial charge in [0.15, 0.2) is 11.6 Å². The lowest BCUT2D eigenvalue weighted by Crippen LogP contribution is -2.27. The Hall–Kier alpha value is -2.31. The van der Waals surface area contributed by atoms with E-state index in [1.165, 1.54) is 31.4 Å². The zero-order valence-corrected chi connectivity index (χ0v) is 15.7. The Morgan fingerprint density at radius 2 is 1.92 bits per heavy atom. The summed E-state index contributed by atoms with van der Waals surface area (Å²) in [5, 5.41) is 13.6. The highest BCUT2D eigenvalue weighted by Crippen LogP contribution is 2.34. The van der Waals surface area contributed by atoms with Crippen LogP contribution < -0.4 is 10.1 Å². The topological polar surface area (TPSA) is 67.8 Å². The van der Waals surface area contributed by atoms with Gasteiger partial charge in [-0.1, -0.05) is 23.7 Å². The van der Waals surface area contributed by atoms with Gasteiger partial charge in [0.25, 0.3) is 0 Å². The van der Waals surface area contributed by atoms with Gasteiger partial charge < -0.3 is 14.6 Å². The summed E-state index contributed by atoms with van der Waals surface area (Å²) in [5.41, 5.74) is -0.193. The largest absolute Gasteiger partial charge is 0.494 e. The molecule has 0 saturated heterocycles. The Labute approximate surface area is 156 Å². The summed E-state index contributed by atoms with van der Waals surface area (Å²) >= 11 is 6.02. The molecule has 0 saturated carbocycles. The van der Waals surface area contributed by atoms with E-state index in [4.69, 9.17) is 21.1 Å². The number of hydrogen-bond acceptors (Lipinski definition) is 4. The van der Waals surface area contributed by atoms with Crippen molar-refractivity contribution in [3.8, 4) is 5.75 Å². The summed E-state index contributed by atoms with van der Waals surface area (Å²) in [7, 11) is 1.34. The lowest BCUT2D eigenvalue weighted by atomic mass is 9.99. The van der Waals surface area contributed by atoms with Crippen molar-refractivity contribution in [1.82, 2.24) is 0 Å². The molecule has 0 heterocycles. The van der Waals surface area contributed by atoms with Crippen LogP contribution in [0.5, 0.6) is 5.75 Å². The SMILES string of the molecule is COc1cccc(C(O)c2cc(Cl)ccc2NC(=O)OC(C)(C)C)c1F. The fourth-order valence-electron chi connectivity index (χ4n) is 2.35. The van der Waals surface area contributed by atoms with Crippen LogP contribution in [0.1, 0.15) is 38.0 Å². The van der Waals surface area contributed by atoms with Gasteiger partial charge in [-0.3, -0.25) is 5.32 Å². The second kappa shape index (κ2) is 7.93. The summed E-state index contributed by atoms with van der Waals surface area (Å²) in [6.45, 7) is 5.20. The van der Waals surface area contributed by atoms with Crippen molar-refractivity contribution >= 4 is 23.4 Å². The monoisotopic (exact) mass is 381 g/mol. The van der Waals surface area contributed by atoms with Crippen molar-refractivity contribution in [1.29, 1.82) is 0 Å². The minimum absolute atomic E-state index is 0.00106. The van der Waals surface area contributed by atoms with E-state index in [0.717, 1.165) is 0 Å². The van der Waals surface area contributed by atoms with E-state index < -0.39 is 23.6 Å². The van der Waals surface area contributed by atoms with Gasteiger partial charge in [0.1, 0.15) is 11.7 Å². The summed E-state index contributed by atoms with van der Waals surface area (Å²) in [6, 6.07) is 8.96. The van der Waals surface area contributed by atoms with E-state index in [9.17, 15) is 14.3 Å². The fourth-order valence-corrected chi connectivity index (χ4v) is 2.53. The number of rotatable bonds is 4. The van der Waals surface area contributed by atoms with Crippen LogP contribution in [0.15, 0.2) is 36.4 Å². The maximum atomic E-state index is 14.5. The number of aliphatic hydroxyl groups excluding tert-OH is 1. The van der Waals surface area contributed by atoms with E-state index in [-0.39, 0.29) is 22.6 Å². The Morgan fingerprint density at radius 1 is 1.23 bits per heavy atom. The molecule has 1 unspecified atom stereocenters. The third-order valence-corrected chi connectivity index (χ3v) is 3.69. The van der Waals surface area contributed by atoms with Crippen molar-refractivity contribution in [2.75, 3.05) is 12.4 Å². The highest BCUT2D eigenvalue weighted by Gasteiger charge is 2.23. The fraction of sp³-hybridized carbons (Fsp3) is 0.316. The number of methoxy groups -OCH3 is 1. The number of amides is 1. The average Bonchev–Trinajstić information content (AvgIpc) is 2.54. The molecule has 0 aliphatic rings. The van der Waals surface area contributed by atoms with Crippen molar-refractivity contribution in [3.63, 3.8) is 0 Å². The van der Waals surface area contributed by atoms with Gasteiger partial charge in [-0.2, -0.15) is 0 Å². The second-order valence-electron chi connectivity index (χ2n) is 6.62. The number of hydrogen-bond donors (Lipinski definition) is 2. The summed E-state index contributed by atoms with van der Waals surface area (Å²) < 4.78 is 24.7. The molecule has 2 N–H and O–H groups in total. The predicted octanol–water partition coefficient (Wildman–Crippen LogP) is 4.92. The molecule has 140 valence electrons. The van der Waals surface area contributed by atoms with Gasteiger partial charge in [-0.25, -0.2) is 9.18 Å². The van der Waals surface area contributed by atoms with Crippen LogP contribution in [0, 0.1) is 5.82 Å². The molecule has 0 radical (unpaired) electrons. The van der Waals surface area contributed by atoms with Gasteiger partial charge >= 0.3 is 6.09 Å². The molecule has 0 fully saturated rings. The average molecular weight is 382 g/mol. The highest BCUT2D eigenvalue weighted by atomic mass is 35.5. The molecule has 26 heavy (non-hydrogen) atoms. The molecule has 7 heteroatoms. The molecule has 0 aromatic heterocycles. The standard InChI is InChI=1S/C19H21ClFNO4/c1-19(2,3)26-18(24)22-14-9-8-11(20)10-13(14)17(23)12-6-5-7-15(25-4)16(12)21/h5-10,17,23H,1-4H3,(H,22,24). The van der Waals surface area contributed by atoms with Crippen LogP contribution in [0.4, 0.5) is 14.9 Å². The van der Waals surface area contributed by atoms with Crippen molar-refractivity contribution < 1.29 is 23.8 Å². The molecular formula is C19H21ClFNO4. The van der Waals surface area contributed by atoms with Crippen LogP contribution >= 0.6 is 11.6 Å². The molecule has 5 nitrogen and oxygen atoms in total. The molecule has 0 bridgehead atoms. The Morgan fingerprint density at radius 3 is 2.54 bits per heavy atom. The van der Waals surface area contributed by atoms with Crippen molar-refractivity contribution in [2.24, 2.45) is 0 Å². The first-order valence-electron chi connectivity index (χ1n) is 7.92. The van der Waals surface area contributed by atoms with Gasteiger partial charge in [0, 0.05) is 16.1 Å². The van der Waals surface area contributed by atoms with Crippen molar-refractivity contribution in [2.45, 2.75) is 32.5 Å². The van der Waals surface area contributed by atoms with Gasteiger partial charge in [0.2, 0.25) is 0 Å². The molecule has 1 amide bonds. The first-order valence-corrected chi connectivity index (χ1v) is 8.30. The molecule has 1 atom stereocenters. The Bertz CT molecular complexity index is 805. The molecular weight excluding hydrogens is 361 g/mol. The predicted molar refractivity (Wildman–Crippen MR) is 98.3 cm³/mol. The van der Waals surface area contributed by atoms with Gasteiger partial charge in [0.05, 0.1) is 12.8 Å². The number of nitrogens with one attached hydrogen (secondary N) is 1. The lowest BCUT2D eigenvalue weighted by molar-refractivity contribution is 0.0635. The van der Waals surface area contributed by atoms with E-state index >= 15 is 0 Å². The molecule has 0 aliphatic heterocycles. The van der Waals surface area contributed by atoms with Crippen LogP contribution in [0.25, 0.3) is 0 Å². The number of carbonyl (C=O) groups excluding carboxylic acids is 1. The molecule has 2 aromatic rings. The second-order valence-corrected chi connectivity index (χ2v) is 7.06. The minimum Gasteiger partial charge on any atom is -0.494 e. The van der Waals surface area contributed by atoms with Crippen molar-refractivity contribution in [3.05, 3.63) is 58.4 Å². The summed E-state index contributed by atoms with van der Waals surface area (Å²) in [5.74, 6) is -0.684. The maximum absolute atomic E-state index is 14.5. The number of halogens is 2. The minimum atomic E-state index is -1.37. The number of carbonyl (C=O) groups is 1. The number of benzene rings is 2. The van der Waals surface area contributed by atoms with Gasteiger partial charge in [-0.05, 0) is 45.0 Å². The van der Waals surface area contributed by atoms with Crippen LogP contribution in [0.2, 0.25) is 5.02 Å². The Kier molecular flexibility index (Phi) is 6.10. The maximum Gasteiger partial charge on any atom is 0.412 e. The number of aliphatic hydroxyl groups is 1. The molecule has 2 rings (SSSR count). The van der Waals surface area contributed by atoms with Crippen LogP contribution in [0.3, 0.4) is 0 Å². The van der Waals surface area contributed by atoms with E-state index in [0.29, 0.717) is 5.02 Å². The lowest BCUT2D eigenvalue weighted by Gasteiger charge is -2.22. The quantitative estimate of drug-likeness (QED) is 0.789. The molecule has 0 spiro atoms. The zero-order valence-electron chi connectivity index (χ0n) is 15.0. The molecule has 2 aromatic carbocycles. The van der Waals surface area contributed by atoms with Crippen LogP contribution in [-0.2, 0) is 4.74 Å². The smallest absolute Gasteiger partial charge is 0.412 e. The normalized spacial score (nSPS) is 12.4. The first-order chi connectivity index (χ1) is 12.1. The third kappa shape index (κ3) is 4.86. The van der Waals surface area contributed by atoms with E-state index in [1.807, 2.05) is 0 Å². The van der Waals surface area contributed by atoms with Crippen LogP contribution in [-0.4, -0.2) is 23.9 Å². The van der Waals surface area contributed by atoms with E-state index in [1.54, 1.807) is 32.9 Å². The number of ether oxygens (including phenoxy) is 2. The van der Waals surface area contributed by atoms with E-state index in [2.05, 4.69) is 5.32 Å². The third-order valence-electron chi connectivity index (χ3n) is 3.45. The Balaban J connectivity index is 2.40. The molecule has 0 aliphatic carbocycles. The summed E-state index contributed by atoms with van der Waals surface area (Å²) in [6.07, 6.45) is -2.06. The van der Waals surface area contributed by atoms with Gasteiger partial charge in [-0.15, -0.1) is 0 Å². The first kappa shape index (κ1) is 20.0. The number of anilines is 1. The summed E-state index contributed by atoms with van der Waals surface area (Å²) in [4.78, 5) is 12.0.